The fraction of sp³-hybridized carbons (Fsp3) is 0.600. The fourth-order valence-corrected chi connectivity index (χ4v) is 2.00. The van der Waals surface area contributed by atoms with Crippen LogP contribution in [0.2, 0.25) is 0 Å². The summed E-state index contributed by atoms with van der Waals surface area (Å²) in [6.07, 6.45) is 7.65. The van der Waals surface area contributed by atoms with Crippen LogP contribution in [0, 0.1) is 5.82 Å². The number of rotatable bonds is 9. The molecule has 1 rings (SSSR count). The summed E-state index contributed by atoms with van der Waals surface area (Å²) in [6, 6.07) is 4.17. The van der Waals surface area contributed by atoms with Gasteiger partial charge in [0.05, 0.1) is 0 Å². The Kier molecular flexibility index (Phi) is 7.42. The van der Waals surface area contributed by atoms with Crippen LogP contribution in [-0.2, 0) is 6.54 Å². The number of hydrogen-bond acceptors (Lipinski definition) is 2. The van der Waals surface area contributed by atoms with Crippen LogP contribution in [0.1, 0.15) is 51.0 Å². The molecule has 3 heteroatoms. The smallest absolute Gasteiger partial charge is 0.127 e. The van der Waals surface area contributed by atoms with Crippen LogP contribution in [-0.4, -0.2) is 11.7 Å². The summed E-state index contributed by atoms with van der Waals surface area (Å²) in [5, 5.41) is 12.5. The van der Waals surface area contributed by atoms with Gasteiger partial charge in [-0.3, -0.25) is 0 Å². The van der Waals surface area contributed by atoms with E-state index in [0.717, 1.165) is 24.6 Å². The molecule has 0 fully saturated rings. The standard InChI is InChI=1S/C15H24FNO/c1-2-3-4-5-6-7-8-17-12-13-9-14(16)11-15(18)10-13/h9-11,17-18H,2-8,12H2,1H3. The number of hydrogen-bond donors (Lipinski definition) is 2. The minimum absolute atomic E-state index is 0.00799. The Morgan fingerprint density at radius 1 is 1.06 bits per heavy atom. The van der Waals surface area contributed by atoms with Gasteiger partial charge in [0.2, 0.25) is 0 Å². The molecule has 0 aliphatic heterocycles. The van der Waals surface area contributed by atoms with Gasteiger partial charge in [0.25, 0.3) is 0 Å². The Morgan fingerprint density at radius 2 is 1.78 bits per heavy atom. The molecule has 0 unspecified atom stereocenters. The van der Waals surface area contributed by atoms with E-state index in [-0.39, 0.29) is 11.6 Å². The summed E-state index contributed by atoms with van der Waals surface area (Å²) in [6.45, 7) is 3.78. The number of halogens is 1. The molecule has 0 aliphatic rings. The van der Waals surface area contributed by atoms with E-state index in [1.165, 1.54) is 38.2 Å². The van der Waals surface area contributed by atoms with E-state index in [4.69, 9.17) is 0 Å². The predicted molar refractivity (Wildman–Crippen MR) is 73.1 cm³/mol. The second-order valence-electron chi connectivity index (χ2n) is 4.76. The molecule has 1 aromatic carbocycles. The molecular formula is C15H24FNO. The topological polar surface area (TPSA) is 32.3 Å². The summed E-state index contributed by atoms with van der Waals surface area (Å²) in [5.74, 6) is -0.391. The highest BCUT2D eigenvalue weighted by atomic mass is 19.1. The first kappa shape index (κ1) is 15.0. The minimum atomic E-state index is -0.383. The predicted octanol–water partition coefficient (Wildman–Crippen LogP) is 3.98. The Balaban J connectivity index is 2.07. The molecule has 0 amide bonds. The summed E-state index contributed by atoms with van der Waals surface area (Å²) in [5.41, 5.74) is 0.790. The molecule has 18 heavy (non-hydrogen) atoms. The van der Waals surface area contributed by atoms with Gasteiger partial charge in [-0.15, -0.1) is 0 Å². The minimum Gasteiger partial charge on any atom is -0.508 e. The van der Waals surface area contributed by atoms with E-state index < -0.39 is 0 Å². The molecule has 102 valence electrons. The number of phenolic OH excluding ortho intramolecular Hbond substituents is 1. The first-order valence-electron chi connectivity index (χ1n) is 6.91. The van der Waals surface area contributed by atoms with Crippen LogP contribution in [0.3, 0.4) is 0 Å². The van der Waals surface area contributed by atoms with Crippen LogP contribution in [0.25, 0.3) is 0 Å². The maximum absolute atomic E-state index is 13.0. The highest BCUT2D eigenvalue weighted by molar-refractivity contribution is 5.28. The molecule has 2 N–H and O–H groups in total. The van der Waals surface area contributed by atoms with Gasteiger partial charge in [0.1, 0.15) is 11.6 Å². The molecule has 1 aromatic rings. The monoisotopic (exact) mass is 253 g/mol. The first-order chi connectivity index (χ1) is 8.72. The average Bonchev–Trinajstić information content (AvgIpc) is 2.31. The van der Waals surface area contributed by atoms with Crippen molar-refractivity contribution in [3.8, 4) is 5.75 Å². The molecule has 0 saturated heterocycles. The number of phenols is 1. The lowest BCUT2D eigenvalue weighted by Gasteiger charge is -2.06. The maximum atomic E-state index is 13.0. The zero-order valence-corrected chi connectivity index (χ0v) is 11.2. The van der Waals surface area contributed by atoms with Crippen molar-refractivity contribution >= 4 is 0 Å². The quantitative estimate of drug-likeness (QED) is 0.652. The van der Waals surface area contributed by atoms with E-state index in [1.807, 2.05) is 0 Å². The second-order valence-corrected chi connectivity index (χ2v) is 4.76. The third-order valence-corrected chi connectivity index (χ3v) is 2.98. The van der Waals surface area contributed by atoms with Gasteiger partial charge in [0, 0.05) is 12.6 Å². The molecule has 0 aromatic heterocycles. The van der Waals surface area contributed by atoms with Crippen molar-refractivity contribution in [2.45, 2.75) is 52.0 Å². The lowest BCUT2D eigenvalue weighted by Crippen LogP contribution is -2.14. The third kappa shape index (κ3) is 6.60. The van der Waals surface area contributed by atoms with Gasteiger partial charge in [-0.25, -0.2) is 4.39 Å². The van der Waals surface area contributed by atoms with Gasteiger partial charge in [-0.05, 0) is 30.7 Å². The Labute approximate surface area is 109 Å². The van der Waals surface area contributed by atoms with Crippen molar-refractivity contribution in [3.05, 3.63) is 29.6 Å². The van der Waals surface area contributed by atoms with Gasteiger partial charge in [-0.1, -0.05) is 39.0 Å². The van der Waals surface area contributed by atoms with Crippen molar-refractivity contribution in [1.82, 2.24) is 5.32 Å². The molecule has 0 aliphatic carbocycles. The summed E-state index contributed by atoms with van der Waals surface area (Å²) >= 11 is 0. The van der Waals surface area contributed by atoms with Crippen molar-refractivity contribution in [2.75, 3.05) is 6.54 Å². The van der Waals surface area contributed by atoms with E-state index in [9.17, 15) is 9.50 Å². The molecule has 0 atom stereocenters. The van der Waals surface area contributed by atoms with Crippen molar-refractivity contribution in [1.29, 1.82) is 0 Å². The SMILES string of the molecule is CCCCCCCCNCc1cc(O)cc(F)c1. The summed E-state index contributed by atoms with van der Waals surface area (Å²) in [7, 11) is 0. The van der Waals surface area contributed by atoms with Crippen molar-refractivity contribution in [3.63, 3.8) is 0 Å². The number of benzene rings is 1. The van der Waals surface area contributed by atoms with Crippen LogP contribution < -0.4 is 5.32 Å². The number of nitrogens with one attached hydrogen (secondary N) is 1. The lowest BCUT2D eigenvalue weighted by atomic mass is 10.1. The normalized spacial score (nSPS) is 10.8. The van der Waals surface area contributed by atoms with Gasteiger partial charge in [-0.2, -0.15) is 0 Å². The number of aromatic hydroxyl groups is 1. The number of unbranched alkanes of at least 4 members (excludes halogenated alkanes) is 5. The molecular weight excluding hydrogens is 229 g/mol. The van der Waals surface area contributed by atoms with Crippen LogP contribution >= 0.6 is 0 Å². The zero-order chi connectivity index (χ0) is 13.2. The maximum Gasteiger partial charge on any atom is 0.127 e. The molecule has 0 heterocycles. The zero-order valence-electron chi connectivity index (χ0n) is 11.2. The largest absolute Gasteiger partial charge is 0.508 e. The highest BCUT2D eigenvalue weighted by Gasteiger charge is 1.99. The van der Waals surface area contributed by atoms with Gasteiger partial charge in [0.15, 0.2) is 0 Å². The Bertz CT molecular complexity index is 321. The van der Waals surface area contributed by atoms with E-state index in [0.29, 0.717) is 6.54 Å². The van der Waals surface area contributed by atoms with Crippen LogP contribution in [0.15, 0.2) is 18.2 Å². The van der Waals surface area contributed by atoms with Crippen molar-refractivity contribution < 1.29 is 9.50 Å². The molecule has 0 bridgehead atoms. The summed E-state index contributed by atoms with van der Waals surface area (Å²) in [4.78, 5) is 0. The van der Waals surface area contributed by atoms with E-state index >= 15 is 0 Å². The molecule has 0 radical (unpaired) electrons. The van der Waals surface area contributed by atoms with Crippen LogP contribution in [0.4, 0.5) is 4.39 Å². The first-order valence-corrected chi connectivity index (χ1v) is 6.91. The lowest BCUT2D eigenvalue weighted by molar-refractivity contribution is 0.467. The second kappa shape index (κ2) is 8.92. The van der Waals surface area contributed by atoms with E-state index in [1.54, 1.807) is 6.07 Å². The van der Waals surface area contributed by atoms with E-state index in [2.05, 4.69) is 12.2 Å². The fourth-order valence-electron chi connectivity index (χ4n) is 2.00. The Hall–Kier alpha value is -1.09. The molecule has 0 saturated carbocycles. The Morgan fingerprint density at radius 3 is 2.50 bits per heavy atom. The van der Waals surface area contributed by atoms with Gasteiger partial charge >= 0.3 is 0 Å². The van der Waals surface area contributed by atoms with Crippen LogP contribution in [0.5, 0.6) is 5.75 Å². The van der Waals surface area contributed by atoms with Gasteiger partial charge < -0.3 is 10.4 Å². The third-order valence-electron chi connectivity index (χ3n) is 2.98. The molecule has 2 nitrogen and oxygen atoms in total. The molecule has 0 spiro atoms. The highest BCUT2D eigenvalue weighted by Crippen LogP contribution is 2.14. The summed E-state index contributed by atoms with van der Waals surface area (Å²) < 4.78 is 13.0. The average molecular weight is 253 g/mol. The van der Waals surface area contributed by atoms with Crippen molar-refractivity contribution in [2.24, 2.45) is 0 Å².